The SMILES string of the molecule is COc1ccc(N(c2ccc(OC)cc2)C2CCC(c3nnc4cnc5[nH]ccc5n34)C2)cc1. The maximum Gasteiger partial charge on any atom is 0.179 e. The summed E-state index contributed by atoms with van der Waals surface area (Å²) in [6.45, 7) is 0. The summed E-state index contributed by atoms with van der Waals surface area (Å²) in [5, 5.41) is 9.01. The van der Waals surface area contributed by atoms with Crippen molar-refractivity contribution in [1.29, 1.82) is 0 Å². The third-order valence-electron chi connectivity index (χ3n) is 6.80. The van der Waals surface area contributed by atoms with Gasteiger partial charge in [0.25, 0.3) is 0 Å². The Labute approximate surface area is 197 Å². The van der Waals surface area contributed by atoms with Crippen molar-refractivity contribution in [3.05, 3.63) is 72.8 Å². The minimum atomic E-state index is 0.305. The summed E-state index contributed by atoms with van der Waals surface area (Å²) in [6.07, 6.45) is 6.77. The van der Waals surface area contributed by atoms with Crippen molar-refractivity contribution in [3.63, 3.8) is 0 Å². The molecule has 0 spiro atoms. The van der Waals surface area contributed by atoms with E-state index in [9.17, 15) is 0 Å². The molecule has 1 saturated carbocycles. The van der Waals surface area contributed by atoms with Gasteiger partial charge >= 0.3 is 0 Å². The van der Waals surface area contributed by atoms with Crippen LogP contribution in [0.2, 0.25) is 0 Å². The Morgan fingerprint density at radius 1 is 0.882 bits per heavy atom. The van der Waals surface area contributed by atoms with Crippen LogP contribution in [-0.2, 0) is 0 Å². The molecule has 34 heavy (non-hydrogen) atoms. The number of H-pyrrole nitrogens is 1. The first kappa shape index (κ1) is 20.5. The van der Waals surface area contributed by atoms with Crippen molar-refractivity contribution in [2.24, 2.45) is 0 Å². The minimum absolute atomic E-state index is 0.305. The van der Waals surface area contributed by atoms with E-state index < -0.39 is 0 Å². The first-order valence-corrected chi connectivity index (χ1v) is 11.5. The van der Waals surface area contributed by atoms with E-state index in [1.807, 2.05) is 36.5 Å². The molecule has 5 aromatic rings. The molecule has 6 rings (SSSR count). The summed E-state index contributed by atoms with van der Waals surface area (Å²) in [5.41, 5.74) is 4.93. The van der Waals surface area contributed by atoms with Gasteiger partial charge in [-0.1, -0.05) is 0 Å². The lowest BCUT2D eigenvalue weighted by Gasteiger charge is -2.32. The smallest absolute Gasteiger partial charge is 0.179 e. The van der Waals surface area contributed by atoms with Gasteiger partial charge in [-0.3, -0.25) is 4.40 Å². The zero-order valence-electron chi connectivity index (χ0n) is 19.2. The Hall–Kier alpha value is -4.07. The van der Waals surface area contributed by atoms with Gasteiger partial charge in [-0.25, -0.2) is 4.98 Å². The first-order chi connectivity index (χ1) is 16.7. The maximum absolute atomic E-state index is 5.39. The molecule has 1 aliphatic rings. The number of nitrogens with one attached hydrogen (secondary N) is 1. The van der Waals surface area contributed by atoms with Gasteiger partial charge in [-0.05, 0) is 73.9 Å². The average Bonchev–Trinajstić information content (AvgIpc) is 3.64. The second-order valence-electron chi connectivity index (χ2n) is 8.65. The fraction of sp³-hybridized carbons (Fsp3) is 0.269. The zero-order valence-corrected chi connectivity index (χ0v) is 19.2. The molecule has 172 valence electrons. The van der Waals surface area contributed by atoms with Crippen molar-refractivity contribution in [3.8, 4) is 11.5 Å². The number of fused-ring (bicyclic) bond motifs is 3. The molecule has 1 N–H and O–H groups in total. The van der Waals surface area contributed by atoms with Crippen molar-refractivity contribution in [2.45, 2.75) is 31.2 Å². The van der Waals surface area contributed by atoms with Gasteiger partial charge in [0, 0.05) is 29.5 Å². The molecular weight excluding hydrogens is 428 g/mol. The molecular formula is C26H26N6O2. The number of rotatable bonds is 6. The van der Waals surface area contributed by atoms with E-state index in [4.69, 9.17) is 9.47 Å². The van der Waals surface area contributed by atoms with E-state index in [1.165, 1.54) is 0 Å². The molecule has 2 unspecified atom stereocenters. The Morgan fingerprint density at radius 3 is 2.21 bits per heavy atom. The molecule has 8 nitrogen and oxygen atoms in total. The van der Waals surface area contributed by atoms with Gasteiger partial charge < -0.3 is 19.4 Å². The lowest BCUT2D eigenvalue weighted by Crippen LogP contribution is -2.28. The van der Waals surface area contributed by atoms with Crippen LogP contribution in [0.3, 0.4) is 0 Å². The van der Waals surface area contributed by atoms with E-state index in [-0.39, 0.29) is 0 Å². The van der Waals surface area contributed by atoms with E-state index >= 15 is 0 Å². The van der Waals surface area contributed by atoms with Crippen LogP contribution in [-0.4, -0.2) is 44.8 Å². The van der Waals surface area contributed by atoms with Crippen LogP contribution in [0.5, 0.6) is 11.5 Å². The number of aromatic nitrogens is 5. The highest BCUT2D eigenvalue weighted by atomic mass is 16.5. The van der Waals surface area contributed by atoms with Crippen LogP contribution < -0.4 is 14.4 Å². The topological polar surface area (TPSA) is 80.6 Å². The number of anilines is 2. The summed E-state index contributed by atoms with van der Waals surface area (Å²) >= 11 is 0. The number of hydrogen-bond donors (Lipinski definition) is 1. The molecule has 3 heterocycles. The van der Waals surface area contributed by atoms with E-state index in [0.29, 0.717) is 12.0 Å². The highest BCUT2D eigenvalue weighted by molar-refractivity contribution is 5.74. The second kappa shape index (κ2) is 8.37. The highest BCUT2D eigenvalue weighted by Gasteiger charge is 2.34. The Morgan fingerprint density at radius 2 is 1.56 bits per heavy atom. The molecule has 2 aromatic carbocycles. The van der Waals surface area contributed by atoms with Crippen LogP contribution in [0.1, 0.15) is 31.0 Å². The third-order valence-corrected chi connectivity index (χ3v) is 6.80. The van der Waals surface area contributed by atoms with Crippen LogP contribution in [0, 0.1) is 0 Å². The number of ether oxygens (including phenoxy) is 2. The van der Waals surface area contributed by atoms with Crippen LogP contribution >= 0.6 is 0 Å². The van der Waals surface area contributed by atoms with Crippen molar-refractivity contribution in [2.75, 3.05) is 19.1 Å². The Bertz CT molecular complexity index is 1380. The Balaban J connectivity index is 1.36. The van der Waals surface area contributed by atoms with E-state index in [2.05, 4.69) is 53.7 Å². The normalized spacial score (nSPS) is 17.9. The molecule has 3 aromatic heterocycles. The predicted octanol–water partition coefficient (Wildman–Crippen LogP) is 5.10. The van der Waals surface area contributed by atoms with Gasteiger partial charge in [-0.15, -0.1) is 10.2 Å². The molecule has 0 aliphatic heterocycles. The summed E-state index contributed by atoms with van der Waals surface area (Å²) in [5.74, 6) is 3.01. The largest absolute Gasteiger partial charge is 0.497 e. The predicted molar refractivity (Wildman–Crippen MR) is 131 cm³/mol. The summed E-state index contributed by atoms with van der Waals surface area (Å²) in [6, 6.07) is 18.9. The quantitative estimate of drug-likeness (QED) is 0.385. The van der Waals surface area contributed by atoms with Gasteiger partial charge in [0.1, 0.15) is 17.3 Å². The summed E-state index contributed by atoms with van der Waals surface area (Å²) in [7, 11) is 3.38. The standard InChI is InChI=1S/C26H26N6O2/c1-33-21-9-5-18(6-10-21)31(19-7-11-22(34-2)12-8-19)20-4-3-17(15-20)26-30-29-24-16-28-25-23(32(24)26)13-14-27-25/h5-14,16-17,20,27H,3-4,15H2,1-2H3. The number of benzene rings is 2. The van der Waals surface area contributed by atoms with E-state index in [1.54, 1.807) is 20.4 Å². The van der Waals surface area contributed by atoms with Crippen molar-refractivity contribution < 1.29 is 9.47 Å². The Kier molecular flexibility index (Phi) is 5.05. The molecule has 8 heteroatoms. The van der Waals surface area contributed by atoms with Gasteiger partial charge in [0.15, 0.2) is 11.3 Å². The van der Waals surface area contributed by atoms with Gasteiger partial charge in [0.05, 0.1) is 25.9 Å². The molecule has 0 saturated heterocycles. The van der Waals surface area contributed by atoms with Crippen LogP contribution in [0.4, 0.5) is 11.4 Å². The number of hydrogen-bond acceptors (Lipinski definition) is 6. The molecule has 2 atom stereocenters. The number of aromatic amines is 1. The molecule has 0 bridgehead atoms. The van der Waals surface area contributed by atoms with Gasteiger partial charge in [-0.2, -0.15) is 0 Å². The fourth-order valence-corrected chi connectivity index (χ4v) is 5.15. The monoisotopic (exact) mass is 454 g/mol. The number of methoxy groups -OCH3 is 2. The minimum Gasteiger partial charge on any atom is -0.497 e. The molecule has 1 aliphatic carbocycles. The van der Waals surface area contributed by atoms with Crippen LogP contribution in [0.25, 0.3) is 16.8 Å². The van der Waals surface area contributed by atoms with Gasteiger partial charge in [0.2, 0.25) is 0 Å². The van der Waals surface area contributed by atoms with Crippen molar-refractivity contribution in [1.82, 2.24) is 24.6 Å². The maximum atomic E-state index is 5.39. The highest BCUT2D eigenvalue weighted by Crippen LogP contribution is 2.42. The molecule has 0 radical (unpaired) electrons. The zero-order chi connectivity index (χ0) is 23.1. The van der Waals surface area contributed by atoms with Crippen LogP contribution in [0.15, 0.2) is 67.0 Å². The lowest BCUT2D eigenvalue weighted by molar-refractivity contribution is 0.414. The lowest BCUT2D eigenvalue weighted by atomic mass is 10.1. The number of nitrogens with zero attached hydrogens (tertiary/aromatic N) is 5. The van der Waals surface area contributed by atoms with E-state index in [0.717, 1.165) is 64.8 Å². The fourth-order valence-electron chi connectivity index (χ4n) is 5.15. The summed E-state index contributed by atoms with van der Waals surface area (Å²) in [4.78, 5) is 10.1. The first-order valence-electron chi connectivity index (χ1n) is 11.5. The second-order valence-corrected chi connectivity index (χ2v) is 8.65. The third kappa shape index (κ3) is 3.42. The molecule has 0 amide bonds. The summed E-state index contributed by atoms with van der Waals surface area (Å²) < 4.78 is 12.9. The molecule has 1 fully saturated rings. The van der Waals surface area contributed by atoms with Crippen molar-refractivity contribution >= 4 is 28.2 Å². The average molecular weight is 455 g/mol.